The Bertz CT molecular complexity index is 579. The number of nitrogens with one attached hydrogen (secondary N) is 2. The summed E-state index contributed by atoms with van der Waals surface area (Å²) in [5.41, 5.74) is 2.64. The Kier molecular flexibility index (Phi) is 1.83. The summed E-state index contributed by atoms with van der Waals surface area (Å²) in [6.07, 6.45) is 1.69. The minimum Gasteiger partial charge on any atom is -0.372 e. The second-order valence-electron chi connectivity index (χ2n) is 3.92. The molecule has 0 bridgehead atoms. The molecule has 0 saturated heterocycles. The van der Waals surface area contributed by atoms with Gasteiger partial charge in [0.2, 0.25) is 5.91 Å². The van der Waals surface area contributed by atoms with Gasteiger partial charge in [-0.2, -0.15) is 0 Å². The van der Waals surface area contributed by atoms with Gasteiger partial charge >= 0.3 is 0 Å². The van der Waals surface area contributed by atoms with E-state index in [1.807, 2.05) is 31.2 Å². The highest BCUT2D eigenvalue weighted by Gasteiger charge is 2.22. The number of hydrogen-bond acceptors (Lipinski definition) is 3. The molecule has 4 nitrogen and oxygen atoms in total. The maximum Gasteiger partial charge on any atom is 0.246 e. The van der Waals surface area contributed by atoms with Gasteiger partial charge in [0.15, 0.2) is 0 Å². The molecule has 0 aliphatic carbocycles. The third-order valence-electron chi connectivity index (χ3n) is 2.79. The van der Waals surface area contributed by atoms with Crippen LogP contribution in [0.2, 0.25) is 0 Å². The number of nitrogens with zero attached hydrogens (tertiary/aromatic N) is 1. The van der Waals surface area contributed by atoms with Crippen LogP contribution in [0.3, 0.4) is 0 Å². The predicted octanol–water partition coefficient (Wildman–Crippen LogP) is 1.99. The minimum atomic E-state index is -0.210. The van der Waals surface area contributed by atoms with Crippen molar-refractivity contribution in [1.82, 2.24) is 4.98 Å². The second-order valence-corrected chi connectivity index (χ2v) is 3.92. The molecule has 0 fully saturated rings. The predicted molar refractivity (Wildman–Crippen MR) is 63.5 cm³/mol. The van der Waals surface area contributed by atoms with Crippen molar-refractivity contribution in [3.63, 3.8) is 0 Å². The van der Waals surface area contributed by atoms with Crippen molar-refractivity contribution >= 4 is 28.2 Å². The van der Waals surface area contributed by atoms with E-state index in [2.05, 4.69) is 15.6 Å². The lowest BCUT2D eigenvalue weighted by atomic mass is 10.1. The molecule has 1 aliphatic heterocycles. The standard InChI is InChI=1S/C12H11N3O/c1-7-12(16)15-10-6-13-9-5-3-2-4-8(9)11(10)14-7/h2-7,14H,1H3,(H,15,16). The molecule has 1 aromatic carbocycles. The molecule has 1 atom stereocenters. The minimum absolute atomic E-state index is 0.0235. The van der Waals surface area contributed by atoms with Gasteiger partial charge in [-0.1, -0.05) is 18.2 Å². The first-order chi connectivity index (χ1) is 7.75. The number of aromatic nitrogens is 1. The average Bonchev–Trinajstić information content (AvgIpc) is 2.31. The molecule has 0 spiro atoms. The van der Waals surface area contributed by atoms with Gasteiger partial charge in [0, 0.05) is 5.39 Å². The SMILES string of the molecule is CC1Nc2c(cnc3ccccc23)NC1=O. The van der Waals surface area contributed by atoms with Crippen LogP contribution < -0.4 is 10.6 Å². The summed E-state index contributed by atoms with van der Waals surface area (Å²) in [6, 6.07) is 7.66. The fourth-order valence-electron chi connectivity index (χ4n) is 1.91. The number of carbonyl (C=O) groups excluding carboxylic acids is 1. The quantitative estimate of drug-likeness (QED) is 0.703. The summed E-state index contributed by atoms with van der Waals surface area (Å²) in [5.74, 6) is -0.0235. The average molecular weight is 213 g/mol. The summed E-state index contributed by atoms with van der Waals surface area (Å²) in [6.45, 7) is 1.84. The van der Waals surface area contributed by atoms with Crippen molar-refractivity contribution in [2.45, 2.75) is 13.0 Å². The van der Waals surface area contributed by atoms with E-state index in [0.29, 0.717) is 0 Å². The first kappa shape index (κ1) is 9.15. The summed E-state index contributed by atoms with van der Waals surface area (Å²) in [5, 5.41) is 7.07. The van der Waals surface area contributed by atoms with E-state index in [1.165, 1.54) is 0 Å². The molecule has 1 unspecified atom stereocenters. The van der Waals surface area contributed by atoms with Crippen LogP contribution in [-0.4, -0.2) is 16.9 Å². The van der Waals surface area contributed by atoms with Crippen LogP contribution in [0.5, 0.6) is 0 Å². The van der Waals surface area contributed by atoms with Crippen molar-refractivity contribution in [2.24, 2.45) is 0 Å². The fourth-order valence-corrected chi connectivity index (χ4v) is 1.91. The van der Waals surface area contributed by atoms with Gasteiger partial charge in [0.25, 0.3) is 0 Å². The topological polar surface area (TPSA) is 54.0 Å². The molecule has 4 heteroatoms. The largest absolute Gasteiger partial charge is 0.372 e. The van der Waals surface area contributed by atoms with Crippen molar-refractivity contribution in [1.29, 1.82) is 0 Å². The number of hydrogen-bond donors (Lipinski definition) is 2. The number of anilines is 2. The van der Waals surface area contributed by atoms with E-state index in [4.69, 9.17) is 0 Å². The molecule has 1 amide bonds. The molecule has 80 valence electrons. The number of benzene rings is 1. The Morgan fingerprint density at radius 3 is 3.00 bits per heavy atom. The fraction of sp³-hybridized carbons (Fsp3) is 0.167. The third-order valence-corrected chi connectivity index (χ3v) is 2.79. The van der Waals surface area contributed by atoms with Crippen LogP contribution in [0.15, 0.2) is 30.5 Å². The number of amides is 1. The number of carbonyl (C=O) groups is 1. The maximum atomic E-state index is 11.5. The molecule has 0 saturated carbocycles. The van der Waals surface area contributed by atoms with Crippen LogP contribution in [0.4, 0.5) is 11.4 Å². The Morgan fingerprint density at radius 1 is 1.31 bits per heavy atom. The van der Waals surface area contributed by atoms with Gasteiger partial charge < -0.3 is 10.6 Å². The smallest absolute Gasteiger partial charge is 0.246 e. The molecule has 2 N–H and O–H groups in total. The molecular formula is C12H11N3O. The van der Waals surface area contributed by atoms with Crippen molar-refractivity contribution < 1.29 is 4.79 Å². The van der Waals surface area contributed by atoms with Gasteiger partial charge in [-0.25, -0.2) is 0 Å². The van der Waals surface area contributed by atoms with E-state index in [1.54, 1.807) is 6.20 Å². The van der Waals surface area contributed by atoms with Gasteiger partial charge in [-0.15, -0.1) is 0 Å². The number of pyridine rings is 1. The highest BCUT2D eigenvalue weighted by Crippen LogP contribution is 2.32. The zero-order valence-electron chi connectivity index (χ0n) is 8.82. The zero-order valence-corrected chi connectivity index (χ0v) is 8.82. The highest BCUT2D eigenvalue weighted by molar-refractivity contribution is 6.09. The molecular weight excluding hydrogens is 202 g/mol. The lowest BCUT2D eigenvalue weighted by Gasteiger charge is -2.24. The van der Waals surface area contributed by atoms with Crippen LogP contribution in [-0.2, 0) is 4.79 Å². The van der Waals surface area contributed by atoms with Crippen LogP contribution >= 0.6 is 0 Å². The van der Waals surface area contributed by atoms with Crippen LogP contribution in [0.25, 0.3) is 10.9 Å². The van der Waals surface area contributed by atoms with E-state index in [-0.39, 0.29) is 11.9 Å². The van der Waals surface area contributed by atoms with Gasteiger partial charge in [0.1, 0.15) is 6.04 Å². The van der Waals surface area contributed by atoms with E-state index >= 15 is 0 Å². The number of fused-ring (bicyclic) bond motifs is 3. The third kappa shape index (κ3) is 1.23. The molecule has 3 rings (SSSR count). The van der Waals surface area contributed by atoms with E-state index in [0.717, 1.165) is 22.3 Å². The monoisotopic (exact) mass is 213 g/mol. The van der Waals surface area contributed by atoms with E-state index in [9.17, 15) is 4.79 Å². The molecule has 0 radical (unpaired) electrons. The zero-order chi connectivity index (χ0) is 11.1. The molecule has 2 heterocycles. The number of rotatable bonds is 0. The molecule has 2 aromatic rings. The molecule has 1 aliphatic rings. The highest BCUT2D eigenvalue weighted by atomic mass is 16.2. The maximum absolute atomic E-state index is 11.5. The summed E-state index contributed by atoms with van der Waals surface area (Å²) in [4.78, 5) is 15.8. The van der Waals surface area contributed by atoms with E-state index < -0.39 is 0 Å². The van der Waals surface area contributed by atoms with Crippen molar-refractivity contribution in [2.75, 3.05) is 10.6 Å². The Morgan fingerprint density at radius 2 is 2.12 bits per heavy atom. The first-order valence-electron chi connectivity index (χ1n) is 5.21. The normalized spacial score (nSPS) is 18.8. The summed E-state index contributed by atoms with van der Waals surface area (Å²) in [7, 11) is 0. The lowest BCUT2D eigenvalue weighted by molar-refractivity contribution is -0.116. The van der Waals surface area contributed by atoms with Gasteiger partial charge in [-0.3, -0.25) is 9.78 Å². The van der Waals surface area contributed by atoms with Gasteiger partial charge in [0.05, 0.1) is 23.1 Å². The van der Waals surface area contributed by atoms with Crippen molar-refractivity contribution in [3.8, 4) is 0 Å². The Balaban J connectivity index is 2.27. The summed E-state index contributed by atoms with van der Waals surface area (Å²) < 4.78 is 0. The molecule has 16 heavy (non-hydrogen) atoms. The Labute approximate surface area is 92.7 Å². The van der Waals surface area contributed by atoms with Crippen LogP contribution in [0, 0.1) is 0 Å². The summed E-state index contributed by atoms with van der Waals surface area (Å²) >= 11 is 0. The van der Waals surface area contributed by atoms with Crippen LogP contribution in [0.1, 0.15) is 6.92 Å². The second kappa shape index (κ2) is 3.20. The molecule has 1 aromatic heterocycles. The first-order valence-corrected chi connectivity index (χ1v) is 5.21. The Hall–Kier alpha value is -2.10. The number of para-hydroxylation sites is 1. The van der Waals surface area contributed by atoms with Gasteiger partial charge in [-0.05, 0) is 13.0 Å². The van der Waals surface area contributed by atoms with Crippen molar-refractivity contribution in [3.05, 3.63) is 30.5 Å². The lowest BCUT2D eigenvalue weighted by Crippen LogP contribution is -2.36.